The number of thiophene rings is 2. The summed E-state index contributed by atoms with van der Waals surface area (Å²) in [5.74, 6) is 1.97. The lowest BCUT2D eigenvalue weighted by molar-refractivity contribution is 1.07. The number of rotatable bonds is 6. The predicted molar refractivity (Wildman–Crippen MR) is 238 cm³/mol. The zero-order chi connectivity index (χ0) is 37.0. The first kappa shape index (κ1) is 32.6. The van der Waals surface area contributed by atoms with Gasteiger partial charge in [0.05, 0.1) is 0 Å². The molecule has 0 atom stereocenters. The van der Waals surface area contributed by atoms with Crippen LogP contribution in [0.4, 0.5) is 0 Å². The zero-order valence-corrected chi connectivity index (χ0v) is 31.7. The molecular weight excluding hydrogens is 719 g/mol. The topological polar surface area (TPSA) is 38.7 Å². The van der Waals surface area contributed by atoms with E-state index in [4.69, 9.17) is 15.0 Å². The fourth-order valence-electron chi connectivity index (χ4n) is 7.79. The van der Waals surface area contributed by atoms with Crippen LogP contribution in [0.3, 0.4) is 0 Å². The lowest BCUT2D eigenvalue weighted by Crippen LogP contribution is -2.00. The fraction of sp³-hybridized carbons (Fsp3) is 0. The second-order valence-corrected chi connectivity index (χ2v) is 16.1. The van der Waals surface area contributed by atoms with Crippen LogP contribution in [0.5, 0.6) is 0 Å². The maximum atomic E-state index is 5.08. The maximum Gasteiger partial charge on any atom is 0.164 e. The van der Waals surface area contributed by atoms with Crippen molar-refractivity contribution in [3.8, 4) is 67.5 Å². The van der Waals surface area contributed by atoms with E-state index >= 15 is 0 Å². The van der Waals surface area contributed by atoms with Gasteiger partial charge < -0.3 is 0 Å². The number of fused-ring (bicyclic) bond motifs is 6. The van der Waals surface area contributed by atoms with E-state index in [1.165, 1.54) is 68.2 Å². The summed E-state index contributed by atoms with van der Waals surface area (Å²) in [6.45, 7) is 0. The van der Waals surface area contributed by atoms with Crippen molar-refractivity contribution < 1.29 is 0 Å². The first-order valence-corrected chi connectivity index (χ1v) is 20.3. The van der Waals surface area contributed by atoms with E-state index in [2.05, 4.69) is 164 Å². The minimum absolute atomic E-state index is 0.653. The highest BCUT2D eigenvalue weighted by Crippen LogP contribution is 2.46. The second kappa shape index (κ2) is 13.5. The van der Waals surface area contributed by atoms with Gasteiger partial charge >= 0.3 is 0 Å². The molecule has 5 heteroatoms. The molecule has 8 aromatic carbocycles. The molecule has 0 aliphatic heterocycles. The van der Waals surface area contributed by atoms with Crippen LogP contribution in [0.15, 0.2) is 188 Å². The summed E-state index contributed by atoms with van der Waals surface area (Å²) in [5.41, 5.74) is 10.2. The highest BCUT2D eigenvalue weighted by molar-refractivity contribution is 7.26. The number of nitrogens with zero attached hydrogens (tertiary/aromatic N) is 3. The lowest BCUT2D eigenvalue weighted by atomic mass is 9.94. The summed E-state index contributed by atoms with van der Waals surface area (Å²) < 4.78 is 5.10. The summed E-state index contributed by atoms with van der Waals surface area (Å²) in [4.78, 5) is 15.1. The van der Waals surface area contributed by atoms with Gasteiger partial charge in [-0.15, -0.1) is 22.7 Å². The van der Waals surface area contributed by atoms with Gasteiger partial charge in [0.2, 0.25) is 0 Å². The molecule has 3 nitrogen and oxygen atoms in total. The van der Waals surface area contributed by atoms with Gasteiger partial charge in [0.25, 0.3) is 0 Å². The minimum atomic E-state index is 0.653. The molecule has 0 amide bonds. The molecule has 0 bridgehead atoms. The van der Waals surface area contributed by atoms with Gasteiger partial charge in [0.15, 0.2) is 17.5 Å². The molecule has 0 aliphatic rings. The van der Waals surface area contributed by atoms with Gasteiger partial charge in [-0.05, 0) is 51.6 Å². The number of benzene rings is 8. The number of hydrogen-bond donors (Lipinski definition) is 0. The molecule has 0 saturated carbocycles. The molecule has 0 saturated heterocycles. The van der Waals surface area contributed by atoms with Crippen molar-refractivity contribution in [2.45, 2.75) is 0 Å². The summed E-state index contributed by atoms with van der Waals surface area (Å²) in [6.07, 6.45) is 0. The first-order valence-electron chi connectivity index (χ1n) is 18.7. The summed E-state index contributed by atoms with van der Waals surface area (Å²) in [5, 5.41) is 5.13. The quantitative estimate of drug-likeness (QED) is 0.170. The van der Waals surface area contributed by atoms with E-state index in [1.54, 1.807) is 0 Å². The normalized spacial score (nSPS) is 11.6. The molecule has 262 valence electrons. The van der Waals surface area contributed by atoms with E-state index in [9.17, 15) is 0 Å². The van der Waals surface area contributed by atoms with Gasteiger partial charge in [0.1, 0.15) is 0 Å². The molecule has 0 spiro atoms. The van der Waals surface area contributed by atoms with E-state index in [-0.39, 0.29) is 0 Å². The molecule has 11 rings (SSSR count). The average molecular weight is 750 g/mol. The Bertz CT molecular complexity index is 3220. The Morgan fingerprint density at radius 3 is 1.43 bits per heavy atom. The molecule has 56 heavy (non-hydrogen) atoms. The van der Waals surface area contributed by atoms with Gasteiger partial charge in [-0.3, -0.25) is 0 Å². The van der Waals surface area contributed by atoms with Gasteiger partial charge in [-0.25, -0.2) is 15.0 Å². The molecule has 0 aliphatic carbocycles. The van der Waals surface area contributed by atoms with Crippen molar-refractivity contribution in [3.05, 3.63) is 188 Å². The highest BCUT2D eigenvalue weighted by atomic mass is 32.1. The lowest BCUT2D eigenvalue weighted by Gasteiger charge is -2.10. The first-order chi connectivity index (χ1) is 27.7. The highest BCUT2D eigenvalue weighted by Gasteiger charge is 2.18. The summed E-state index contributed by atoms with van der Waals surface area (Å²) in [7, 11) is 0. The molecule has 0 fully saturated rings. The monoisotopic (exact) mass is 749 g/mol. The largest absolute Gasteiger partial charge is 0.208 e. The van der Waals surface area contributed by atoms with Crippen LogP contribution in [-0.2, 0) is 0 Å². The third kappa shape index (κ3) is 5.68. The molecule has 0 radical (unpaired) electrons. The standard InChI is InChI=1S/C51H31N3S2/c1-4-12-32(13-5-1)33-20-22-36(23-21-33)50-52-49(35-16-8-3-9-17-35)53-51(54-50)38-25-27-42-41-26-24-37(30-45(41)55-46(42)31-38)40-29-28-39(34-14-6-2-7-15-34)47-43-18-10-11-19-44(43)56-48(40)47/h1-31H. The third-order valence-corrected chi connectivity index (χ3v) is 12.9. The van der Waals surface area contributed by atoms with Crippen LogP contribution >= 0.6 is 22.7 Å². The van der Waals surface area contributed by atoms with Gasteiger partial charge in [-0.2, -0.15) is 0 Å². The SMILES string of the molecule is c1ccc(-c2ccc(-c3nc(-c4ccccc4)nc(-c4ccc5c(c4)sc4cc(-c6ccc(-c7ccccc7)c7c6sc6ccccc67)ccc45)n3)cc2)cc1. The van der Waals surface area contributed by atoms with Crippen molar-refractivity contribution in [2.24, 2.45) is 0 Å². The second-order valence-electron chi connectivity index (χ2n) is 14.0. The van der Waals surface area contributed by atoms with E-state index < -0.39 is 0 Å². The Morgan fingerprint density at radius 1 is 0.286 bits per heavy atom. The predicted octanol–water partition coefficient (Wildman–Crippen LogP) is 14.6. The molecule has 3 aromatic heterocycles. The van der Waals surface area contributed by atoms with Gasteiger partial charge in [-0.1, -0.05) is 170 Å². The molecular formula is C51H31N3S2. The van der Waals surface area contributed by atoms with Gasteiger partial charge in [0, 0.05) is 57.0 Å². The Balaban J connectivity index is 1.01. The van der Waals surface area contributed by atoms with Crippen LogP contribution in [-0.4, -0.2) is 15.0 Å². The average Bonchev–Trinajstić information content (AvgIpc) is 3.85. The Kier molecular flexibility index (Phi) is 7.87. The van der Waals surface area contributed by atoms with Crippen LogP contribution < -0.4 is 0 Å². The van der Waals surface area contributed by atoms with Crippen molar-refractivity contribution in [1.29, 1.82) is 0 Å². The smallest absolute Gasteiger partial charge is 0.164 e. The Hall–Kier alpha value is -6.79. The molecule has 0 unspecified atom stereocenters. The number of hydrogen-bond acceptors (Lipinski definition) is 5. The Labute approximate surface area is 331 Å². The van der Waals surface area contributed by atoms with E-state index in [1.807, 2.05) is 46.9 Å². The van der Waals surface area contributed by atoms with Crippen LogP contribution in [0.1, 0.15) is 0 Å². The van der Waals surface area contributed by atoms with Crippen molar-refractivity contribution >= 4 is 63.0 Å². The van der Waals surface area contributed by atoms with E-state index in [0.717, 1.165) is 22.3 Å². The van der Waals surface area contributed by atoms with Crippen molar-refractivity contribution in [1.82, 2.24) is 15.0 Å². The van der Waals surface area contributed by atoms with Crippen molar-refractivity contribution in [2.75, 3.05) is 0 Å². The zero-order valence-electron chi connectivity index (χ0n) is 30.1. The molecule has 3 heterocycles. The number of aromatic nitrogens is 3. The van der Waals surface area contributed by atoms with Crippen molar-refractivity contribution in [3.63, 3.8) is 0 Å². The molecule has 11 aromatic rings. The maximum absolute atomic E-state index is 5.08. The van der Waals surface area contributed by atoms with Crippen LogP contribution in [0.2, 0.25) is 0 Å². The Morgan fingerprint density at radius 2 is 0.750 bits per heavy atom. The summed E-state index contributed by atoms with van der Waals surface area (Å²) in [6, 6.07) is 66.8. The van der Waals surface area contributed by atoms with Crippen LogP contribution in [0.25, 0.3) is 108 Å². The fourth-order valence-corrected chi connectivity index (χ4v) is 10.2. The van der Waals surface area contributed by atoms with Crippen LogP contribution in [0, 0.1) is 0 Å². The molecule has 0 N–H and O–H groups in total. The summed E-state index contributed by atoms with van der Waals surface area (Å²) >= 11 is 3.71. The van der Waals surface area contributed by atoms with E-state index in [0.29, 0.717) is 17.5 Å². The minimum Gasteiger partial charge on any atom is -0.208 e. The third-order valence-electron chi connectivity index (χ3n) is 10.6.